The van der Waals surface area contributed by atoms with E-state index >= 15 is 0 Å². The molecule has 0 aliphatic carbocycles. The van der Waals surface area contributed by atoms with Gasteiger partial charge in [-0.15, -0.1) is 0 Å². The average Bonchev–Trinajstić information content (AvgIpc) is 2.76. The molecule has 4 fully saturated rings. The molecule has 4 rings (SSSR count). The van der Waals surface area contributed by atoms with E-state index in [4.69, 9.17) is 4.74 Å². The van der Waals surface area contributed by atoms with Crippen molar-refractivity contribution >= 4 is 0 Å². The summed E-state index contributed by atoms with van der Waals surface area (Å²) >= 11 is 0. The Morgan fingerprint density at radius 3 is 2.75 bits per heavy atom. The molecule has 3 nitrogen and oxygen atoms in total. The Morgan fingerprint density at radius 1 is 1.38 bits per heavy atom. The Balaban J connectivity index is 1.51. The number of rotatable bonds is 3. The van der Waals surface area contributed by atoms with Gasteiger partial charge < -0.3 is 15.0 Å². The van der Waals surface area contributed by atoms with Gasteiger partial charge in [0.2, 0.25) is 0 Å². The number of hydrogen-bond acceptors (Lipinski definition) is 3. The summed E-state index contributed by atoms with van der Waals surface area (Å²) in [4.78, 5) is 2.61. The van der Waals surface area contributed by atoms with Crippen LogP contribution in [-0.4, -0.2) is 49.3 Å². The summed E-state index contributed by atoms with van der Waals surface area (Å²) in [5.74, 6) is 0.926. The van der Waals surface area contributed by atoms with Crippen molar-refractivity contribution in [2.45, 2.75) is 44.2 Å². The minimum Gasteiger partial charge on any atom is -0.374 e. The molecule has 1 N–H and O–H groups in total. The first-order valence-electron chi connectivity index (χ1n) is 6.85. The summed E-state index contributed by atoms with van der Waals surface area (Å²) in [6.45, 7) is 8.18. The van der Waals surface area contributed by atoms with Gasteiger partial charge in [0.05, 0.1) is 5.60 Å². The summed E-state index contributed by atoms with van der Waals surface area (Å²) in [6, 6.07) is 0.725. The van der Waals surface area contributed by atoms with Crippen LogP contribution in [0.15, 0.2) is 0 Å². The zero-order valence-corrected chi connectivity index (χ0v) is 10.4. The largest absolute Gasteiger partial charge is 0.374 e. The third kappa shape index (κ3) is 2.13. The highest BCUT2D eigenvalue weighted by atomic mass is 16.5. The van der Waals surface area contributed by atoms with Gasteiger partial charge in [-0.1, -0.05) is 0 Å². The number of fused-ring (bicyclic) bond motifs is 3. The fourth-order valence-corrected chi connectivity index (χ4v) is 3.52. The predicted molar refractivity (Wildman–Crippen MR) is 64.5 cm³/mol. The molecule has 0 spiro atoms. The van der Waals surface area contributed by atoms with E-state index in [1.807, 2.05) is 0 Å². The van der Waals surface area contributed by atoms with Crippen LogP contribution in [0.4, 0.5) is 0 Å². The Hall–Kier alpha value is -0.120. The lowest BCUT2D eigenvalue weighted by Crippen LogP contribution is -2.58. The van der Waals surface area contributed by atoms with E-state index in [2.05, 4.69) is 17.1 Å². The molecular weight excluding hydrogens is 200 g/mol. The molecule has 0 aromatic carbocycles. The van der Waals surface area contributed by atoms with Gasteiger partial charge >= 0.3 is 0 Å². The van der Waals surface area contributed by atoms with Crippen LogP contribution in [0, 0.1) is 5.92 Å². The van der Waals surface area contributed by atoms with Crippen molar-refractivity contribution in [2.75, 3.05) is 32.8 Å². The molecule has 2 bridgehead atoms. The van der Waals surface area contributed by atoms with E-state index in [0.29, 0.717) is 0 Å². The fraction of sp³-hybridized carbons (Fsp3) is 1.00. The molecule has 4 heterocycles. The monoisotopic (exact) mass is 224 g/mol. The molecule has 2 atom stereocenters. The molecule has 4 aliphatic rings. The first-order chi connectivity index (χ1) is 7.75. The number of ether oxygens (including phenoxy) is 1. The lowest BCUT2D eigenvalue weighted by molar-refractivity contribution is 0.00626. The van der Waals surface area contributed by atoms with Gasteiger partial charge in [-0.05, 0) is 51.6 Å². The maximum Gasteiger partial charge on any atom is 0.0779 e. The van der Waals surface area contributed by atoms with Crippen molar-refractivity contribution in [3.63, 3.8) is 0 Å². The normalized spacial score (nSPS) is 47.4. The zero-order valence-electron chi connectivity index (χ0n) is 10.4. The van der Waals surface area contributed by atoms with Gasteiger partial charge in [0.25, 0.3) is 0 Å². The van der Waals surface area contributed by atoms with Gasteiger partial charge in [-0.3, -0.25) is 0 Å². The molecule has 92 valence electrons. The molecule has 0 aromatic heterocycles. The van der Waals surface area contributed by atoms with Crippen molar-refractivity contribution in [2.24, 2.45) is 5.92 Å². The SMILES string of the molecule is CC1(CNC2CN3CCC2CC3)CCCO1. The van der Waals surface area contributed by atoms with Gasteiger partial charge in [0, 0.05) is 25.7 Å². The molecule has 3 heteroatoms. The van der Waals surface area contributed by atoms with Gasteiger partial charge in [0.1, 0.15) is 0 Å². The van der Waals surface area contributed by atoms with Crippen LogP contribution < -0.4 is 5.32 Å². The number of nitrogens with one attached hydrogen (secondary N) is 1. The van der Waals surface area contributed by atoms with Crippen molar-refractivity contribution < 1.29 is 4.74 Å². The van der Waals surface area contributed by atoms with Gasteiger partial charge in [-0.25, -0.2) is 0 Å². The van der Waals surface area contributed by atoms with Crippen LogP contribution in [0.1, 0.15) is 32.6 Å². The highest BCUT2D eigenvalue weighted by Crippen LogP contribution is 2.29. The standard InChI is InChI=1S/C13H24N2O/c1-13(5-2-8-16-13)10-14-12-9-15-6-3-11(12)4-7-15/h11-12,14H,2-10H2,1H3. The van der Waals surface area contributed by atoms with Gasteiger partial charge in [0.15, 0.2) is 0 Å². The lowest BCUT2D eigenvalue weighted by Gasteiger charge is -2.45. The van der Waals surface area contributed by atoms with E-state index in [9.17, 15) is 0 Å². The van der Waals surface area contributed by atoms with Crippen molar-refractivity contribution in [1.82, 2.24) is 10.2 Å². The smallest absolute Gasteiger partial charge is 0.0779 e. The second kappa shape index (κ2) is 4.28. The first-order valence-corrected chi connectivity index (χ1v) is 6.85. The fourth-order valence-electron chi connectivity index (χ4n) is 3.52. The lowest BCUT2D eigenvalue weighted by atomic mass is 9.83. The molecule has 0 radical (unpaired) electrons. The predicted octanol–water partition coefficient (Wildman–Crippen LogP) is 1.24. The van der Waals surface area contributed by atoms with Gasteiger partial charge in [-0.2, -0.15) is 0 Å². The molecule has 0 aromatic rings. The third-order valence-electron chi connectivity index (χ3n) is 4.69. The maximum atomic E-state index is 5.84. The third-order valence-corrected chi connectivity index (χ3v) is 4.69. The number of piperidine rings is 3. The van der Waals surface area contributed by atoms with Crippen LogP contribution >= 0.6 is 0 Å². The Labute approximate surface area is 98.5 Å². The van der Waals surface area contributed by atoms with Crippen LogP contribution in [-0.2, 0) is 4.74 Å². The molecule has 0 amide bonds. The molecular formula is C13H24N2O. The van der Waals surface area contributed by atoms with Crippen LogP contribution in [0.25, 0.3) is 0 Å². The molecule has 2 unspecified atom stereocenters. The van der Waals surface area contributed by atoms with Crippen LogP contribution in [0.5, 0.6) is 0 Å². The highest BCUT2D eigenvalue weighted by Gasteiger charge is 2.36. The molecule has 4 aliphatic heterocycles. The van der Waals surface area contributed by atoms with E-state index in [-0.39, 0.29) is 5.60 Å². The second-order valence-electron chi connectivity index (χ2n) is 6.03. The number of hydrogen-bond donors (Lipinski definition) is 1. The average molecular weight is 224 g/mol. The van der Waals surface area contributed by atoms with Crippen molar-refractivity contribution in [3.8, 4) is 0 Å². The quantitative estimate of drug-likeness (QED) is 0.780. The van der Waals surface area contributed by atoms with E-state index in [1.165, 1.54) is 45.3 Å². The molecule has 16 heavy (non-hydrogen) atoms. The Kier molecular flexibility index (Phi) is 2.94. The maximum absolute atomic E-state index is 5.84. The zero-order chi connectivity index (χ0) is 11.0. The van der Waals surface area contributed by atoms with E-state index in [0.717, 1.165) is 25.1 Å². The summed E-state index contributed by atoms with van der Waals surface area (Å²) in [6.07, 6.45) is 5.25. The van der Waals surface area contributed by atoms with Crippen molar-refractivity contribution in [3.05, 3.63) is 0 Å². The second-order valence-corrected chi connectivity index (χ2v) is 6.03. The Morgan fingerprint density at radius 2 is 2.19 bits per heavy atom. The summed E-state index contributed by atoms with van der Waals surface area (Å²) < 4.78 is 5.84. The minimum atomic E-state index is 0.117. The van der Waals surface area contributed by atoms with Crippen LogP contribution in [0.3, 0.4) is 0 Å². The van der Waals surface area contributed by atoms with Crippen LogP contribution in [0.2, 0.25) is 0 Å². The number of nitrogens with zero attached hydrogens (tertiary/aromatic N) is 1. The summed E-state index contributed by atoms with van der Waals surface area (Å²) in [5.41, 5.74) is 0.117. The molecule has 4 saturated heterocycles. The Bertz CT molecular complexity index is 242. The summed E-state index contributed by atoms with van der Waals surface area (Å²) in [7, 11) is 0. The van der Waals surface area contributed by atoms with E-state index in [1.54, 1.807) is 0 Å². The molecule has 0 saturated carbocycles. The van der Waals surface area contributed by atoms with Crippen molar-refractivity contribution in [1.29, 1.82) is 0 Å². The highest BCUT2D eigenvalue weighted by molar-refractivity contribution is 4.93. The summed E-state index contributed by atoms with van der Waals surface area (Å²) in [5, 5.41) is 3.77. The topological polar surface area (TPSA) is 24.5 Å². The minimum absolute atomic E-state index is 0.117. The van der Waals surface area contributed by atoms with E-state index < -0.39 is 0 Å². The first kappa shape index (κ1) is 11.0.